The van der Waals surface area contributed by atoms with Gasteiger partial charge in [0.2, 0.25) is 0 Å². The SMILES string of the molecule is Nc1ccc(S(=O)(=O)CC(F)(F)F)cc1. The van der Waals surface area contributed by atoms with E-state index in [-0.39, 0.29) is 4.90 Å². The van der Waals surface area contributed by atoms with Gasteiger partial charge in [-0.3, -0.25) is 0 Å². The summed E-state index contributed by atoms with van der Waals surface area (Å²) in [6, 6.07) is 4.58. The smallest absolute Gasteiger partial charge is 0.399 e. The van der Waals surface area contributed by atoms with Crippen molar-refractivity contribution in [2.75, 3.05) is 11.5 Å². The summed E-state index contributed by atoms with van der Waals surface area (Å²) in [6.07, 6.45) is -4.74. The van der Waals surface area contributed by atoms with Crippen LogP contribution in [0.2, 0.25) is 0 Å². The summed E-state index contributed by atoms with van der Waals surface area (Å²) >= 11 is 0. The van der Waals surface area contributed by atoms with Gasteiger partial charge in [0.05, 0.1) is 4.90 Å². The third kappa shape index (κ3) is 3.43. The van der Waals surface area contributed by atoms with E-state index < -0.39 is 21.8 Å². The van der Waals surface area contributed by atoms with Gasteiger partial charge >= 0.3 is 6.18 Å². The predicted octanol–water partition coefficient (Wildman–Crippen LogP) is 1.60. The van der Waals surface area contributed by atoms with Crippen molar-refractivity contribution < 1.29 is 21.6 Å². The maximum Gasteiger partial charge on any atom is 0.403 e. The number of nitrogen functional groups attached to an aromatic ring is 1. The molecule has 0 saturated heterocycles. The van der Waals surface area contributed by atoms with E-state index in [1.807, 2.05) is 0 Å². The first-order valence-corrected chi connectivity index (χ1v) is 5.51. The molecule has 7 heteroatoms. The van der Waals surface area contributed by atoms with E-state index in [2.05, 4.69) is 0 Å². The van der Waals surface area contributed by atoms with E-state index in [4.69, 9.17) is 5.73 Å². The van der Waals surface area contributed by atoms with Crippen LogP contribution in [0.5, 0.6) is 0 Å². The molecule has 0 amide bonds. The first-order chi connectivity index (χ1) is 6.71. The summed E-state index contributed by atoms with van der Waals surface area (Å²) in [7, 11) is -4.32. The monoisotopic (exact) mass is 239 g/mol. The number of sulfone groups is 1. The second-order valence-electron chi connectivity index (χ2n) is 2.94. The Balaban J connectivity index is 3.02. The molecular formula is C8H8F3NO2S. The Hall–Kier alpha value is -1.24. The summed E-state index contributed by atoms with van der Waals surface area (Å²) in [5.41, 5.74) is 5.57. The number of hydrogen-bond acceptors (Lipinski definition) is 3. The van der Waals surface area contributed by atoms with Crippen molar-refractivity contribution in [3.05, 3.63) is 24.3 Å². The fourth-order valence-electron chi connectivity index (χ4n) is 0.974. The third-order valence-corrected chi connectivity index (χ3v) is 3.29. The van der Waals surface area contributed by atoms with E-state index in [0.717, 1.165) is 12.1 Å². The maximum atomic E-state index is 11.9. The van der Waals surface area contributed by atoms with Crippen LogP contribution in [0.15, 0.2) is 29.2 Å². The van der Waals surface area contributed by atoms with Gasteiger partial charge in [0.25, 0.3) is 0 Å². The number of rotatable bonds is 2. The van der Waals surface area contributed by atoms with Gasteiger partial charge in [-0.1, -0.05) is 0 Å². The van der Waals surface area contributed by atoms with Crippen LogP contribution in [0.1, 0.15) is 0 Å². The van der Waals surface area contributed by atoms with Crippen molar-refractivity contribution in [3.8, 4) is 0 Å². The molecule has 1 rings (SSSR count). The molecule has 84 valence electrons. The molecule has 0 unspecified atom stereocenters. The lowest BCUT2D eigenvalue weighted by molar-refractivity contribution is -0.106. The molecule has 15 heavy (non-hydrogen) atoms. The topological polar surface area (TPSA) is 60.2 Å². The summed E-state index contributed by atoms with van der Waals surface area (Å²) < 4.78 is 58.1. The van der Waals surface area contributed by atoms with Gasteiger partial charge in [0.1, 0.15) is 0 Å². The molecule has 0 aromatic heterocycles. The molecule has 0 heterocycles. The fraction of sp³-hybridized carbons (Fsp3) is 0.250. The van der Waals surface area contributed by atoms with Crippen LogP contribution in [0, 0.1) is 0 Å². The molecule has 1 aromatic carbocycles. The van der Waals surface area contributed by atoms with Gasteiger partial charge in [-0.15, -0.1) is 0 Å². The standard InChI is InChI=1S/C8H8F3NO2S/c9-8(10,11)5-15(13,14)7-3-1-6(12)2-4-7/h1-4H,5,12H2. The van der Waals surface area contributed by atoms with E-state index >= 15 is 0 Å². The van der Waals surface area contributed by atoms with Crippen LogP contribution in [-0.2, 0) is 9.84 Å². The van der Waals surface area contributed by atoms with E-state index in [1.165, 1.54) is 12.1 Å². The summed E-state index contributed by atoms with van der Waals surface area (Å²) in [4.78, 5) is -0.381. The van der Waals surface area contributed by atoms with E-state index in [9.17, 15) is 21.6 Å². The summed E-state index contributed by atoms with van der Waals surface area (Å²) in [5, 5.41) is 0. The number of benzene rings is 1. The molecular weight excluding hydrogens is 231 g/mol. The first kappa shape index (κ1) is 11.8. The quantitative estimate of drug-likeness (QED) is 0.797. The zero-order valence-corrected chi connectivity index (χ0v) is 8.27. The van der Waals surface area contributed by atoms with Crippen molar-refractivity contribution >= 4 is 15.5 Å². The molecule has 1 aromatic rings. The highest BCUT2D eigenvalue weighted by atomic mass is 32.2. The highest BCUT2D eigenvalue weighted by Gasteiger charge is 2.35. The van der Waals surface area contributed by atoms with Crippen molar-refractivity contribution in [2.45, 2.75) is 11.1 Å². The molecule has 0 aliphatic heterocycles. The largest absolute Gasteiger partial charge is 0.403 e. The van der Waals surface area contributed by atoms with Crippen molar-refractivity contribution in [2.24, 2.45) is 0 Å². The first-order valence-electron chi connectivity index (χ1n) is 3.86. The number of alkyl halides is 3. The second kappa shape index (κ2) is 3.73. The highest BCUT2D eigenvalue weighted by Crippen LogP contribution is 2.22. The lowest BCUT2D eigenvalue weighted by Gasteiger charge is -2.07. The lowest BCUT2D eigenvalue weighted by Crippen LogP contribution is -2.22. The van der Waals surface area contributed by atoms with Crippen LogP contribution in [0.4, 0.5) is 18.9 Å². The Morgan fingerprint density at radius 3 is 2.00 bits per heavy atom. The highest BCUT2D eigenvalue weighted by molar-refractivity contribution is 7.91. The summed E-state index contributed by atoms with van der Waals surface area (Å²) in [5.74, 6) is -1.86. The molecule has 0 aliphatic rings. The van der Waals surface area contributed by atoms with Crippen LogP contribution >= 0.6 is 0 Å². The van der Waals surface area contributed by atoms with E-state index in [1.54, 1.807) is 0 Å². The van der Waals surface area contributed by atoms with Crippen molar-refractivity contribution in [1.29, 1.82) is 0 Å². The van der Waals surface area contributed by atoms with Gasteiger partial charge in [-0.2, -0.15) is 13.2 Å². The molecule has 0 fully saturated rings. The average Bonchev–Trinajstić information content (AvgIpc) is 2.00. The Morgan fingerprint density at radius 2 is 1.60 bits per heavy atom. The van der Waals surface area contributed by atoms with Crippen LogP contribution in [0.25, 0.3) is 0 Å². The molecule has 0 aliphatic carbocycles. The number of nitrogens with two attached hydrogens (primary N) is 1. The summed E-state index contributed by atoms with van der Waals surface area (Å²) in [6.45, 7) is 0. The lowest BCUT2D eigenvalue weighted by atomic mass is 10.3. The predicted molar refractivity (Wildman–Crippen MR) is 49.0 cm³/mol. The van der Waals surface area contributed by atoms with Crippen molar-refractivity contribution in [1.82, 2.24) is 0 Å². The van der Waals surface area contributed by atoms with Gasteiger partial charge in [0.15, 0.2) is 15.6 Å². The fourth-order valence-corrected chi connectivity index (χ4v) is 2.12. The minimum absolute atomic E-state index is 0.293. The van der Waals surface area contributed by atoms with E-state index in [0.29, 0.717) is 5.69 Å². The van der Waals surface area contributed by atoms with Crippen LogP contribution in [0.3, 0.4) is 0 Å². The normalized spacial score (nSPS) is 12.7. The Morgan fingerprint density at radius 1 is 1.13 bits per heavy atom. The van der Waals surface area contributed by atoms with Crippen LogP contribution < -0.4 is 5.73 Å². The minimum Gasteiger partial charge on any atom is -0.399 e. The third-order valence-electron chi connectivity index (χ3n) is 1.59. The Kier molecular flexibility index (Phi) is 2.94. The van der Waals surface area contributed by atoms with Gasteiger partial charge in [-0.25, -0.2) is 8.42 Å². The minimum atomic E-state index is -4.74. The molecule has 0 spiro atoms. The molecule has 0 atom stereocenters. The van der Waals surface area contributed by atoms with Gasteiger partial charge < -0.3 is 5.73 Å². The Bertz CT molecular complexity index is 436. The molecule has 0 radical (unpaired) electrons. The average molecular weight is 239 g/mol. The van der Waals surface area contributed by atoms with Gasteiger partial charge in [-0.05, 0) is 24.3 Å². The molecule has 3 nitrogen and oxygen atoms in total. The van der Waals surface area contributed by atoms with Crippen LogP contribution in [-0.4, -0.2) is 20.3 Å². The molecule has 0 bridgehead atoms. The number of hydrogen-bond donors (Lipinski definition) is 1. The number of halogens is 3. The second-order valence-corrected chi connectivity index (χ2v) is 4.93. The van der Waals surface area contributed by atoms with Gasteiger partial charge in [0, 0.05) is 5.69 Å². The maximum absolute atomic E-state index is 11.9. The molecule has 2 N–H and O–H groups in total. The van der Waals surface area contributed by atoms with Crippen molar-refractivity contribution in [3.63, 3.8) is 0 Å². The zero-order chi connectivity index (χ0) is 11.7. The Labute approximate surface area is 84.6 Å². The number of anilines is 1. The zero-order valence-electron chi connectivity index (χ0n) is 7.45. The molecule has 0 saturated carbocycles.